The molecule has 0 aliphatic carbocycles. The van der Waals surface area contributed by atoms with E-state index in [0.29, 0.717) is 25.4 Å². The smallest absolute Gasteiger partial charge is 0.154 e. The molecule has 0 saturated carbocycles. The van der Waals surface area contributed by atoms with E-state index in [0.717, 1.165) is 33.1 Å². The molecule has 1 aliphatic heterocycles. The van der Waals surface area contributed by atoms with Gasteiger partial charge in [0.05, 0.1) is 22.1 Å². The molecule has 2 rings (SSSR count). The molecule has 118 valence electrons. The van der Waals surface area contributed by atoms with E-state index >= 15 is 0 Å². The third-order valence-corrected chi connectivity index (χ3v) is 6.85. The van der Waals surface area contributed by atoms with Crippen molar-refractivity contribution < 1.29 is 13.2 Å². The summed E-state index contributed by atoms with van der Waals surface area (Å²) in [5.74, 6) is 1.13. The van der Waals surface area contributed by atoms with Gasteiger partial charge in [-0.2, -0.15) is 0 Å². The molecule has 1 aromatic carbocycles. The summed E-state index contributed by atoms with van der Waals surface area (Å²) in [6.07, 6.45) is 1.54. The van der Waals surface area contributed by atoms with Gasteiger partial charge in [0.15, 0.2) is 9.84 Å². The maximum absolute atomic E-state index is 11.8. The molecule has 1 aromatic rings. The van der Waals surface area contributed by atoms with Crippen LogP contribution in [-0.4, -0.2) is 32.6 Å². The Morgan fingerprint density at radius 1 is 1.38 bits per heavy atom. The highest BCUT2D eigenvalue weighted by atomic mass is 79.9. The van der Waals surface area contributed by atoms with Crippen molar-refractivity contribution in [3.8, 4) is 5.75 Å². The first-order valence-electron chi connectivity index (χ1n) is 6.97. The molecule has 1 heterocycles. The summed E-state index contributed by atoms with van der Waals surface area (Å²) in [4.78, 5) is 0. The van der Waals surface area contributed by atoms with E-state index < -0.39 is 9.84 Å². The van der Waals surface area contributed by atoms with Crippen molar-refractivity contribution in [3.63, 3.8) is 0 Å². The summed E-state index contributed by atoms with van der Waals surface area (Å²) < 4.78 is 31.1. The number of benzene rings is 1. The average Bonchev–Trinajstić information content (AvgIpc) is 2.73. The van der Waals surface area contributed by atoms with Crippen molar-refractivity contribution in [1.82, 2.24) is 5.32 Å². The SMILES string of the molecule is CCOc1c(Br)cc(Br)cc1CNCC1CCCS1(=O)=O. The molecule has 0 amide bonds. The van der Waals surface area contributed by atoms with E-state index in [-0.39, 0.29) is 5.25 Å². The topological polar surface area (TPSA) is 55.4 Å². The van der Waals surface area contributed by atoms with Gasteiger partial charge in [0, 0.05) is 23.1 Å². The van der Waals surface area contributed by atoms with Gasteiger partial charge in [0.1, 0.15) is 5.75 Å². The Morgan fingerprint density at radius 3 is 2.76 bits per heavy atom. The summed E-state index contributed by atoms with van der Waals surface area (Å²) in [7, 11) is -2.89. The zero-order valence-corrected chi connectivity index (χ0v) is 15.9. The highest BCUT2D eigenvalue weighted by molar-refractivity contribution is 9.11. The molecule has 1 saturated heterocycles. The van der Waals surface area contributed by atoms with E-state index in [2.05, 4.69) is 37.2 Å². The van der Waals surface area contributed by atoms with E-state index in [9.17, 15) is 8.42 Å². The van der Waals surface area contributed by atoms with Crippen molar-refractivity contribution in [3.05, 3.63) is 26.6 Å². The summed E-state index contributed by atoms with van der Waals surface area (Å²) in [5, 5.41) is 3.01. The molecule has 0 bridgehead atoms. The van der Waals surface area contributed by atoms with Crippen LogP contribution >= 0.6 is 31.9 Å². The standard InChI is InChI=1S/C14H19Br2NO3S/c1-2-20-14-10(6-11(15)7-13(14)16)8-17-9-12-4-3-5-21(12,18)19/h6-7,12,17H,2-5,8-9H2,1H3. The minimum atomic E-state index is -2.89. The number of sulfone groups is 1. The lowest BCUT2D eigenvalue weighted by Gasteiger charge is -2.15. The molecule has 0 spiro atoms. The molecular weight excluding hydrogens is 422 g/mol. The van der Waals surface area contributed by atoms with Crippen LogP contribution < -0.4 is 10.1 Å². The van der Waals surface area contributed by atoms with Crippen molar-refractivity contribution >= 4 is 41.7 Å². The van der Waals surface area contributed by atoms with E-state index in [1.807, 2.05) is 19.1 Å². The molecule has 4 nitrogen and oxygen atoms in total. The third kappa shape index (κ3) is 4.43. The highest BCUT2D eigenvalue weighted by Crippen LogP contribution is 2.33. The Kier molecular flexibility index (Phi) is 6.11. The molecule has 1 aliphatic rings. The van der Waals surface area contributed by atoms with Gasteiger partial charge in [0.25, 0.3) is 0 Å². The number of halogens is 2. The van der Waals surface area contributed by atoms with Gasteiger partial charge in [0.2, 0.25) is 0 Å². The molecule has 1 N–H and O–H groups in total. The Hall–Kier alpha value is -0.110. The third-order valence-electron chi connectivity index (χ3n) is 3.52. The average molecular weight is 441 g/mol. The van der Waals surface area contributed by atoms with Crippen molar-refractivity contribution in [2.75, 3.05) is 18.9 Å². The molecule has 7 heteroatoms. The fraction of sp³-hybridized carbons (Fsp3) is 0.571. The van der Waals surface area contributed by atoms with E-state index in [1.54, 1.807) is 0 Å². The molecular formula is C14H19Br2NO3S. The Bertz CT molecular complexity index is 604. The van der Waals surface area contributed by atoms with Gasteiger partial charge >= 0.3 is 0 Å². The van der Waals surface area contributed by atoms with Gasteiger partial charge in [-0.05, 0) is 47.8 Å². The van der Waals surface area contributed by atoms with Crippen molar-refractivity contribution in [2.24, 2.45) is 0 Å². The molecule has 0 radical (unpaired) electrons. The predicted molar refractivity (Wildman–Crippen MR) is 91.5 cm³/mol. The monoisotopic (exact) mass is 439 g/mol. The van der Waals surface area contributed by atoms with Crippen LogP contribution in [0.2, 0.25) is 0 Å². The number of nitrogens with one attached hydrogen (secondary N) is 1. The lowest BCUT2D eigenvalue weighted by molar-refractivity contribution is 0.333. The lowest BCUT2D eigenvalue weighted by Crippen LogP contribution is -2.30. The predicted octanol–water partition coefficient (Wildman–Crippen LogP) is 3.28. The van der Waals surface area contributed by atoms with Gasteiger partial charge in [-0.25, -0.2) is 8.42 Å². The number of ether oxygens (including phenoxy) is 1. The van der Waals surface area contributed by atoms with Gasteiger partial charge in [-0.15, -0.1) is 0 Å². The Labute approximate surface area is 142 Å². The fourth-order valence-corrected chi connectivity index (χ4v) is 5.73. The first-order chi connectivity index (χ1) is 9.94. The fourth-order valence-electron chi connectivity index (χ4n) is 2.51. The van der Waals surface area contributed by atoms with Crippen LogP contribution in [0.4, 0.5) is 0 Å². The van der Waals surface area contributed by atoms with Gasteiger partial charge < -0.3 is 10.1 Å². The maximum atomic E-state index is 11.8. The first kappa shape index (κ1) is 17.2. The van der Waals surface area contributed by atoms with Crippen molar-refractivity contribution in [2.45, 2.75) is 31.6 Å². The number of hydrogen-bond acceptors (Lipinski definition) is 4. The maximum Gasteiger partial charge on any atom is 0.154 e. The van der Waals surface area contributed by atoms with Crippen LogP contribution in [0.15, 0.2) is 21.1 Å². The van der Waals surface area contributed by atoms with Crippen LogP contribution in [0.25, 0.3) is 0 Å². The molecule has 1 atom stereocenters. The quantitative estimate of drug-likeness (QED) is 0.737. The van der Waals surface area contributed by atoms with Crippen LogP contribution in [0.3, 0.4) is 0 Å². The molecule has 1 unspecified atom stereocenters. The largest absolute Gasteiger partial charge is 0.492 e. The summed E-state index contributed by atoms with van der Waals surface area (Å²) in [5.41, 5.74) is 1.01. The van der Waals surface area contributed by atoms with E-state index in [1.165, 1.54) is 0 Å². The Morgan fingerprint density at radius 2 is 2.14 bits per heavy atom. The first-order valence-corrected chi connectivity index (χ1v) is 10.3. The van der Waals surface area contributed by atoms with Crippen molar-refractivity contribution in [1.29, 1.82) is 0 Å². The summed E-state index contributed by atoms with van der Waals surface area (Å²) in [6, 6.07) is 3.93. The van der Waals surface area contributed by atoms with E-state index in [4.69, 9.17) is 4.74 Å². The number of rotatable bonds is 6. The van der Waals surface area contributed by atoms with Crippen LogP contribution in [-0.2, 0) is 16.4 Å². The molecule has 0 aromatic heterocycles. The van der Waals surface area contributed by atoms with Gasteiger partial charge in [-0.3, -0.25) is 0 Å². The summed E-state index contributed by atoms with van der Waals surface area (Å²) in [6.45, 7) is 3.61. The minimum absolute atomic E-state index is 0.247. The molecule has 21 heavy (non-hydrogen) atoms. The van der Waals surface area contributed by atoms with Crippen LogP contribution in [0.1, 0.15) is 25.3 Å². The second kappa shape index (κ2) is 7.44. The van der Waals surface area contributed by atoms with Crippen LogP contribution in [0.5, 0.6) is 5.75 Å². The Balaban J connectivity index is 2.02. The second-order valence-electron chi connectivity index (χ2n) is 5.07. The minimum Gasteiger partial charge on any atom is -0.492 e. The molecule has 1 fully saturated rings. The normalized spacial score (nSPS) is 20.6. The lowest BCUT2D eigenvalue weighted by atomic mass is 10.2. The highest BCUT2D eigenvalue weighted by Gasteiger charge is 2.30. The van der Waals surface area contributed by atoms with Gasteiger partial charge in [-0.1, -0.05) is 15.9 Å². The summed E-state index contributed by atoms with van der Waals surface area (Å²) >= 11 is 6.96. The zero-order chi connectivity index (χ0) is 15.5. The second-order valence-corrected chi connectivity index (χ2v) is 9.24. The number of hydrogen-bond donors (Lipinski definition) is 1. The van der Waals surface area contributed by atoms with Crippen LogP contribution in [0, 0.1) is 0 Å². The zero-order valence-electron chi connectivity index (χ0n) is 11.9.